The number of carbonyl (C=O) groups is 1. The maximum Gasteiger partial charge on any atom is 0.240 e. The molecule has 0 aromatic carbocycles. The van der Waals surface area contributed by atoms with Crippen LogP contribution < -0.4 is 5.32 Å². The molecule has 1 amide bonds. The summed E-state index contributed by atoms with van der Waals surface area (Å²) in [7, 11) is 3.86. The van der Waals surface area contributed by atoms with E-state index in [1.807, 2.05) is 42.9 Å². The molecule has 0 aliphatic carbocycles. The fourth-order valence-electron chi connectivity index (χ4n) is 2.06. The molecule has 0 bridgehead atoms. The van der Waals surface area contributed by atoms with Gasteiger partial charge in [0.1, 0.15) is 0 Å². The second kappa shape index (κ2) is 6.15. The van der Waals surface area contributed by atoms with Gasteiger partial charge in [0.15, 0.2) is 5.13 Å². The van der Waals surface area contributed by atoms with Crippen LogP contribution in [-0.4, -0.2) is 39.2 Å². The standard InChI is InChI=1S/C13H19N5OS/c1-9-11(10(2)18(4)16-9)7-17(3)8-12(19)15-13-14-5-6-20-13/h5-6H,7-8H2,1-4H3,(H,14,15,19). The van der Waals surface area contributed by atoms with Crippen molar-refractivity contribution in [2.45, 2.75) is 20.4 Å². The highest BCUT2D eigenvalue weighted by molar-refractivity contribution is 7.13. The SMILES string of the molecule is Cc1nn(C)c(C)c1CN(C)CC(=O)Nc1nccs1. The molecule has 0 unspecified atom stereocenters. The zero-order valence-electron chi connectivity index (χ0n) is 12.2. The maximum absolute atomic E-state index is 11.9. The summed E-state index contributed by atoms with van der Waals surface area (Å²) < 4.78 is 1.87. The van der Waals surface area contributed by atoms with E-state index in [1.165, 1.54) is 16.9 Å². The van der Waals surface area contributed by atoms with Gasteiger partial charge in [-0.2, -0.15) is 5.10 Å². The average molecular weight is 293 g/mol. The Hall–Kier alpha value is -1.73. The fraction of sp³-hybridized carbons (Fsp3) is 0.462. The summed E-state index contributed by atoms with van der Waals surface area (Å²) in [5.74, 6) is -0.0540. The zero-order valence-corrected chi connectivity index (χ0v) is 13.0. The Morgan fingerprint density at radius 1 is 1.50 bits per heavy atom. The third kappa shape index (κ3) is 3.43. The first kappa shape index (κ1) is 14.7. The van der Waals surface area contributed by atoms with E-state index < -0.39 is 0 Å². The van der Waals surface area contributed by atoms with Gasteiger partial charge in [-0.05, 0) is 20.9 Å². The van der Waals surface area contributed by atoms with Crippen LogP contribution in [0.5, 0.6) is 0 Å². The normalized spacial score (nSPS) is 11.1. The van der Waals surface area contributed by atoms with Crippen LogP contribution in [0.2, 0.25) is 0 Å². The quantitative estimate of drug-likeness (QED) is 0.909. The van der Waals surface area contributed by atoms with Crippen LogP contribution in [0, 0.1) is 13.8 Å². The summed E-state index contributed by atoms with van der Waals surface area (Å²) >= 11 is 1.42. The Kier molecular flexibility index (Phi) is 4.51. The number of carbonyl (C=O) groups excluding carboxylic acids is 1. The van der Waals surface area contributed by atoms with Crippen LogP contribution in [0.15, 0.2) is 11.6 Å². The van der Waals surface area contributed by atoms with E-state index in [4.69, 9.17) is 0 Å². The monoisotopic (exact) mass is 293 g/mol. The summed E-state index contributed by atoms with van der Waals surface area (Å²) in [6, 6.07) is 0. The molecule has 6 nitrogen and oxygen atoms in total. The van der Waals surface area contributed by atoms with E-state index in [9.17, 15) is 4.79 Å². The predicted octanol–water partition coefficient (Wildman–Crippen LogP) is 1.56. The first-order chi connectivity index (χ1) is 9.47. The number of nitrogens with one attached hydrogen (secondary N) is 1. The lowest BCUT2D eigenvalue weighted by atomic mass is 10.2. The largest absolute Gasteiger partial charge is 0.301 e. The highest BCUT2D eigenvalue weighted by atomic mass is 32.1. The van der Waals surface area contributed by atoms with E-state index in [1.54, 1.807) is 6.20 Å². The average Bonchev–Trinajstić information content (AvgIpc) is 2.94. The van der Waals surface area contributed by atoms with E-state index in [-0.39, 0.29) is 5.91 Å². The molecule has 0 spiro atoms. The number of aryl methyl sites for hydroxylation is 2. The second-order valence-electron chi connectivity index (χ2n) is 4.83. The Morgan fingerprint density at radius 3 is 2.80 bits per heavy atom. The second-order valence-corrected chi connectivity index (χ2v) is 5.73. The highest BCUT2D eigenvalue weighted by Crippen LogP contribution is 2.14. The van der Waals surface area contributed by atoms with Crippen molar-refractivity contribution in [3.8, 4) is 0 Å². The van der Waals surface area contributed by atoms with Crippen molar-refractivity contribution in [2.24, 2.45) is 7.05 Å². The van der Waals surface area contributed by atoms with Crippen molar-refractivity contribution in [2.75, 3.05) is 18.9 Å². The molecule has 0 atom stereocenters. The van der Waals surface area contributed by atoms with Crippen LogP contribution in [0.4, 0.5) is 5.13 Å². The molecular formula is C13H19N5OS. The van der Waals surface area contributed by atoms with Gasteiger partial charge in [-0.25, -0.2) is 4.98 Å². The summed E-state index contributed by atoms with van der Waals surface area (Å²) in [6.07, 6.45) is 1.67. The van der Waals surface area contributed by atoms with Crippen molar-refractivity contribution < 1.29 is 4.79 Å². The lowest BCUT2D eigenvalue weighted by molar-refractivity contribution is -0.117. The van der Waals surface area contributed by atoms with Crippen LogP contribution in [0.1, 0.15) is 17.0 Å². The van der Waals surface area contributed by atoms with Crippen LogP contribution in [0.25, 0.3) is 0 Å². The number of rotatable bonds is 5. The Bertz CT molecular complexity index is 590. The Labute approximate surface area is 122 Å². The molecule has 0 saturated heterocycles. The lowest BCUT2D eigenvalue weighted by Crippen LogP contribution is -2.30. The molecule has 2 heterocycles. The van der Waals surface area contributed by atoms with Gasteiger partial charge in [-0.3, -0.25) is 14.4 Å². The van der Waals surface area contributed by atoms with Crippen LogP contribution >= 0.6 is 11.3 Å². The maximum atomic E-state index is 11.9. The first-order valence-corrected chi connectivity index (χ1v) is 7.22. The van der Waals surface area contributed by atoms with Crippen molar-refractivity contribution in [3.05, 3.63) is 28.5 Å². The summed E-state index contributed by atoms with van der Waals surface area (Å²) in [6.45, 7) is 5.06. The molecule has 2 aromatic heterocycles. The molecule has 0 radical (unpaired) electrons. The number of amides is 1. The molecule has 0 aliphatic heterocycles. The molecule has 20 heavy (non-hydrogen) atoms. The number of hydrogen-bond acceptors (Lipinski definition) is 5. The topological polar surface area (TPSA) is 63.1 Å². The molecule has 7 heteroatoms. The molecule has 0 saturated carbocycles. The van der Waals surface area contributed by atoms with E-state index >= 15 is 0 Å². The highest BCUT2D eigenvalue weighted by Gasteiger charge is 2.14. The number of hydrogen-bond donors (Lipinski definition) is 1. The van der Waals surface area contributed by atoms with Crippen LogP contribution in [-0.2, 0) is 18.4 Å². The van der Waals surface area contributed by atoms with E-state index in [0.717, 1.165) is 11.4 Å². The van der Waals surface area contributed by atoms with Crippen LogP contribution in [0.3, 0.4) is 0 Å². The number of thiazole rings is 1. The number of likely N-dealkylation sites (N-methyl/N-ethyl adjacent to an activating group) is 1. The van der Waals surface area contributed by atoms with Gasteiger partial charge in [-0.1, -0.05) is 0 Å². The van der Waals surface area contributed by atoms with Gasteiger partial charge >= 0.3 is 0 Å². The number of aromatic nitrogens is 3. The van der Waals surface area contributed by atoms with Gasteiger partial charge in [0.05, 0.1) is 12.2 Å². The van der Waals surface area contributed by atoms with Crippen molar-refractivity contribution >= 4 is 22.4 Å². The lowest BCUT2D eigenvalue weighted by Gasteiger charge is -2.16. The predicted molar refractivity (Wildman–Crippen MR) is 79.8 cm³/mol. The summed E-state index contributed by atoms with van der Waals surface area (Å²) in [5.41, 5.74) is 3.32. The van der Waals surface area contributed by atoms with Crippen molar-refractivity contribution in [1.82, 2.24) is 19.7 Å². The van der Waals surface area contributed by atoms with Gasteiger partial charge in [-0.15, -0.1) is 11.3 Å². The Balaban J connectivity index is 1.92. The molecule has 2 rings (SSSR count). The minimum atomic E-state index is -0.0540. The number of anilines is 1. The van der Waals surface area contributed by atoms with Gasteiger partial charge < -0.3 is 5.32 Å². The third-order valence-electron chi connectivity index (χ3n) is 3.18. The molecule has 1 N–H and O–H groups in total. The fourth-order valence-corrected chi connectivity index (χ4v) is 2.61. The Morgan fingerprint density at radius 2 is 2.25 bits per heavy atom. The smallest absolute Gasteiger partial charge is 0.240 e. The third-order valence-corrected chi connectivity index (χ3v) is 3.87. The van der Waals surface area contributed by atoms with Crippen molar-refractivity contribution in [3.63, 3.8) is 0 Å². The van der Waals surface area contributed by atoms with Gasteiger partial charge in [0.25, 0.3) is 0 Å². The molecular weight excluding hydrogens is 274 g/mol. The molecule has 108 valence electrons. The summed E-state index contributed by atoms with van der Waals surface area (Å²) in [5, 5.41) is 9.63. The van der Waals surface area contributed by atoms with E-state index in [2.05, 4.69) is 15.4 Å². The first-order valence-electron chi connectivity index (χ1n) is 6.34. The number of nitrogens with zero attached hydrogens (tertiary/aromatic N) is 4. The van der Waals surface area contributed by atoms with E-state index in [0.29, 0.717) is 18.2 Å². The minimum absolute atomic E-state index is 0.0540. The molecule has 0 aliphatic rings. The van der Waals surface area contributed by atoms with Gasteiger partial charge in [0.2, 0.25) is 5.91 Å². The van der Waals surface area contributed by atoms with Crippen molar-refractivity contribution in [1.29, 1.82) is 0 Å². The molecule has 0 fully saturated rings. The van der Waals surface area contributed by atoms with Gasteiger partial charge in [0, 0.05) is 36.4 Å². The minimum Gasteiger partial charge on any atom is -0.301 e. The zero-order chi connectivity index (χ0) is 14.7. The molecule has 2 aromatic rings. The summed E-state index contributed by atoms with van der Waals surface area (Å²) in [4.78, 5) is 17.9.